The third-order valence-corrected chi connectivity index (χ3v) is 5.24. The van der Waals surface area contributed by atoms with Gasteiger partial charge in [-0.3, -0.25) is 9.36 Å². The largest absolute Gasteiger partial charge is 0.381 e. The van der Waals surface area contributed by atoms with Crippen LogP contribution in [0.5, 0.6) is 0 Å². The van der Waals surface area contributed by atoms with E-state index in [-0.39, 0.29) is 11.6 Å². The summed E-state index contributed by atoms with van der Waals surface area (Å²) in [6, 6.07) is 5.39. The molecule has 0 atom stereocenters. The van der Waals surface area contributed by atoms with Crippen molar-refractivity contribution >= 4 is 16.9 Å². The summed E-state index contributed by atoms with van der Waals surface area (Å²) in [7, 11) is 1.84. The van der Waals surface area contributed by atoms with Gasteiger partial charge < -0.3 is 19.4 Å². The number of aromatic nitrogens is 2. The van der Waals surface area contributed by atoms with E-state index in [2.05, 4.69) is 4.98 Å². The summed E-state index contributed by atoms with van der Waals surface area (Å²) < 4.78 is 12.4. The standard InChI is InChI=1S/C20H29N3O4/c1-3-26-13-10-23-18-5-4-16(14-17(18)21-20(23)25)19(24)22(2)9-6-15-7-11-27-12-8-15/h4-5,14-15H,3,6-13H2,1-2H3,(H,21,25). The van der Waals surface area contributed by atoms with E-state index in [0.29, 0.717) is 36.8 Å². The van der Waals surface area contributed by atoms with Crippen LogP contribution in [0.25, 0.3) is 11.0 Å². The first kappa shape index (κ1) is 19.6. The zero-order chi connectivity index (χ0) is 19.2. The molecule has 1 fully saturated rings. The Bertz CT molecular complexity index is 820. The minimum absolute atomic E-state index is 0.0214. The number of amides is 1. The number of nitrogens with zero attached hydrogens (tertiary/aromatic N) is 2. The summed E-state index contributed by atoms with van der Waals surface area (Å²) in [6.45, 7) is 5.90. The molecule has 0 aliphatic carbocycles. The smallest absolute Gasteiger partial charge is 0.326 e. The van der Waals surface area contributed by atoms with Crippen LogP contribution in [0.4, 0.5) is 0 Å². The Morgan fingerprint density at radius 3 is 2.89 bits per heavy atom. The van der Waals surface area contributed by atoms with Crippen molar-refractivity contribution in [3.05, 3.63) is 34.2 Å². The Hall–Kier alpha value is -2.12. The van der Waals surface area contributed by atoms with Crippen LogP contribution < -0.4 is 5.69 Å². The Labute approximate surface area is 159 Å². The molecule has 1 N–H and O–H groups in total. The van der Waals surface area contributed by atoms with Crippen molar-refractivity contribution in [3.8, 4) is 0 Å². The average Bonchev–Trinajstić information content (AvgIpc) is 3.01. The Balaban J connectivity index is 1.66. The highest BCUT2D eigenvalue weighted by atomic mass is 16.5. The van der Waals surface area contributed by atoms with Crippen molar-refractivity contribution in [1.29, 1.82) is 0 Å². The monoisotopic (exact) mass is 375 g/mol. The number of carbonyl (C=O) groups excluding carboxylic acids is 1. The molecule has 2 aromatic rings. The molecule has 1 aromatic heterocycles. The number of aromatic amines is 1. The van der Waals surface area contributed by atoms with Crippen LogP contribution in [0.15, 0.2) is 23.0 Å². The molecule has 7 nitrogen and oxygen atoms in total. The van der Waals surface area contributed by atoms with Gasteiger partial charge in [0, 0.05) is 39.0 Å². The van der Waals surface area contributed by atoms with Crippen LogP contribution >= 0.6 is 0 Å². The number of hydrogen-bond acceptors (Lipinski definition) is 4. The second-order valence-corrected chi connectivity index (χ2v) is 7.08. The minimum Gasteiger partial charge on any atom is -0.381 e. The van der Waals surface area contributed by atoms with Crippen molar-refractivity contribution in [3.63, 3.8) is 0 Å². The maximum absolute atomic E-state index is 12.7. The molecule has 0 bridgehead atoms. The summed E-state index contributed by atoms with van der Waals surface area (Å²) in [4.78, 5) is 29.5. The third-order valence-electron chi connectivity index (χ3n) is 5.24. The fraction of sp³-hybridized carbons (Fsp3) is 0.600. The van der Waals surface area contributed by atoms with Crippen LogP contribution in [-0.4, -0.2) is 60.4 Å². The molecule has 1 aliphatic heterocycles. The van der Waals surface area contributed by atoms with Gasteiger partial charge in [-0.25, -0.2) is 4.79 Å². The first-order valence-corrected chi connectivity index (χ1v) is 9.73. The highest BCUT2D eigenvalue weighted by molar-refractivity contribution is 5.97. The quantitative estimate of drug-likeness (QED) is 0.718. The van der Waals surface area contributed by atoms with E-state index in [4.69, 9.17) is 9.47 Å². The van der Waals surface area contributed by atoms with Gasteiger partial charge in [-0.15, -0.1) is 0 Å². The van der Waals surface area contributed by atoms with Gasteiger partial charge in [-0.2, -0.15) is 0 Å². The molecule has 0 saturated carbocycles. The lowest BCUT2D eigenvalue weighted by Crippen LogP contribution is -2.30. The Morgan fingerprint density at radius 1 is 1.37 bits per heavy atom. The van der Waals surface area contributed by atoms with Gasteiger partial charge >= 0.3 is 5.69 Å². The minimum atomic E-state index is -0.179. The van der Waals surface area contributed by atoms with E-state index in [1.165, 1.54) is 0 Å². The third kappa shape index (κ3) is 4.78. The Morgan fingerprint density at radius 2 is 2.15 bits per heavy atom. The lowest BCUT2D eigenvalue weighted by Gasteiger charge is -2.25. The first-order chi connectivity index (χ1) is 13.1. The highest BCUT2D eigenvalue weighted by Crippen LogP contribution is 2.19. The number of rotatable bonds is 8. The summed E-state index contributed by atoms with van der Waals surface area (Å²) in [5.41, 5.74) is 1.89. The predicted octanol–water partition coefficient (Wildman–Crippen LogP) is 2.25. The van der Waals surface area contributed by atoms with Gasteiger partial charge in [-0.05, 0) is 50.3 Å². The lowest BCUT2D eigenvalue weighted by molar-refractivity contribution is 0.0583. The zero-order valence-electron chi connectivity index (χ0n) is 16.2. The second kappa shape index (κ2) is 9.19. The van der Waals surface area contributed by atoms with E-state index in [9.17, 15) is 9.59 Å². The number of H-pyrrole nitrogens is 1. The number of carbonyl (C=O) groups is 1. The van der Waals surface area contributed by atoms with E-state index in [0.717, 1.165) is 44.5 Å². The predicted molar refractivity (Wildman–Crippen MR) is 104 cm³/mol. The molecule has 1 aliphatic rings. The van der Waals surface area contributed by atoms with Crippen molar-refractivity contribution in [2.24, 2.45) is 5.92 Å². The number of hydrogen-bond donors (Lipinski definition) is 1. The topological polar surface area (TPSA) is 76.6 Å². The van der Waals surface area contributed by atoms with Gasteiger partial charge in [0.2, 0.25) is 0 Å². The Kier molecular flexibility index (Phi) is 6.68. The van der Waals surface area contributed by atoms with Crippen LogP contribution in [0.1, 0.15) is 36.5 Å². The number of nitrogens with one attached hydrogen (secondary N) is 1. The van der Waals surface area contributed by atoms with E-state index in [1.807, 2.05) is 20.0 Å². The van der Waals surface area contributed by atoms with Crippen LogP contribution in [0.2, 0.25) is 0 Å². The molecule has 1 saturated heterocycles. The summed E-state index contributed by atoms with van der Waals surface area (Å²) in [6.07, 6.45) is 3.15. The van der Waals surface area contributed by atoms with Crippen LogP contribution in [0.3, 0.4) is 0 Å². The maximum Gasteiger partial charge on any atom is 0.326 e. The van der Waals surface area contributed by atoms with Gasteiger partial charge in [-0.1, -0.05) is 0 Å². The summed E-state index contributed by atoms with van der Waals surface area (Å²) >= 11 is 0. The molecule has 27 heavy (non-hydrogen) atoms. The van der Waals surface area contributed by atoms with Gasteiger partial charge in [0.05, 0.1) is 24.2 Å². The van der Waals surface area contributed by atoms with Gasteiger partial charge in [0.1, 0.15) is 0 Å². The van der Waals surface area contributed by atoms with Crippen molar-refractivity contribution in [2.45, 2.75) is 32.7 Å². The molecular weight excluding hydrogens is 346 g/mol. The number of imidazole rings is 1. The van der Waals surface area contributed by atoms with Crippen molar-refractivity contribution < 1.29 is 14.3 Å². The van der Waals surface area contributed by atoms with Crippen LogP contribution in [-0.2, 0) is 16.0 Å². The summed E-state index contributed by atoms with van der Waals surface area (Å²) in [5.74, 6) is 0.610. The number of benzene rings is 1. The molecule has 2 heterocycles. The molecule has 0 unspecified atom stereocenters. The molecule has 0 radical (unpaired) electrons. The summed E-state index contributed by atoms with van der Waals surface area (Å²) in [5, 5.41) is 0. The van der Waals surface area contributed by atoms with Crippen molar-refractivity contribution in [2.75, 3.05) is 40.0 Å². The lowest BCUT2D eigenvalue weighted by atomic mass is 9.96. The molecule has 3 rings (SSSR count). The van der Waals surface area contributed by atoms with E-state index in [1.54, 1.807) is 21.6 Å². The van der Waals surface area contributed by atoms with Gasteiger partial charge in [0.25, 0.3) is 5.91 Å². The molecule has 1 aromatic carbocycles. The molecule has 148 valence electrons. The first-order valence-electron chi connectivity index (χ1n) is 9.73. The van der Waals surface area contributed by atoms with Gasteiger partial charge in [0.15, 0.2) is 0 Å². The van der Waals surface area contributed by atoms with E-state index < -0.39 is 0 Å². The molecular formula is C20H29N3O4. The van der Waals surface area contributed by atoms with Crippen LogP contribution in [0, 0.1) is 5.92 Å². The second-order valence-electron chi connectivity index (χ2n) is 7.08. The normalized spacial score (nSPS) is 15.3. The maximum atomic E-state index is 12.7. The molecule has 7 heteroatoms. The SMILES string of the molecule is CCOCCn1c(=O)[nH]c2cc(C(=O)N(C)CCC3CCOCC3)ccc21. The fourth-order valence-corrected chi connectivity index (χ4v) is 3.55. The number of fused-ring (bicyclic) bond motifs is 1. The van der Waals surface area contributed by atoms with Crippen molar-refractivity contribution in [1.82, 2.24) is 14.5 Å². The average molecular weight is 375 g/mol. The fourth-order valence-electron chi connectivity index (χ4n) is 3.55. The van der Waals surface area contributed by atoms with E-state index >= 15 is 0 Å². The zero-order valence-corrected chi connectivity index (χ0v) is 16.2. The highest BCUT2D eigenvalue weighted by Gasteiger charge is 2.18. The molecule has 1 amide bonds. The number of ether oxygens (including phenoxy) is 2. The molecule has 0 spiro atoms.